The fraction of sp³-hybridized carbons (Fsp3) is 0.133. The number of hydrogen-bond donors (Lipinski definition) is 1. The lowest BCUT2D eigenvalue weighted by atomic mass is 10.1. The molecular formula is C15H11ClFNO3. The number of carbonyl (C=O) groups excluding carboxylic acids is 1. The number of hydrogen-bond acceptors (Lipinski definition) is 3. The summed E-state index contributed by atoms with van der Waals surface area (Å²) in [5.41, 5.74) is 1.18. The maximum Gasteiger partial charge on any atom is 0.251 e. The van der Waals surface area contributed by atoms with Crippen LogP contribution in [-0.2, 0) is 6.54 Å². The van der Waals surface area contributed by atoms with E-state index in [4.69, 9.17) is 21.1 Å². The first kappa shape index (κ1) is 13.7. The molecule has 1 amide bonds. The zero-order chi connectivity index (χ0) is 14.8. The van der Waals surface area contributed by atoms with Crippen LogP contribution in [0.4, 0.5) is 4.39 Å². The number of fused-ring (bicyclic) bond motifs is 1. The van der Waals surface area contributed by atoms with Crippen LogP contribution in [0.3, 0.4) is 0 Å². The van der Waals surface area contributed by atoms with E-state index >= 15 is 0 Å². The van der Waals surface area contributed by atoms with E-state index < -0.39 is 5.82 Å². The van der Waals surface area contributed by atoms with Crippen molar-refractivity contribution < 1.29 is 18.7 Å². The van der Waals surface area contributed by atoms with E-state index in [9.17, 15) is 9.18 Å². The number of amides is 1. The van der Waals surface area contributed by atoms with Crippen molar-refractivity contribution in [2.24, 2.45) is 0 Å². The van der Waals surface area contributed by atoms with Gasteiger partial charge in [-0.3, -0.25) is 4.79 Å². The van der Waals surface area contributed by atoms with Crippen molar-refractivity contribution in [3.05, 3.63) is 58.4 Å². The summed E-state index contributed by atoms with van der Waals surface area (Å²) < 4.78 is 23.4. The summed E-state index contributed by atoms with van der Waals surface area (Å²) >= 11 is 5.69. The highest BCUT2D eigenvalue weighted by atomic mass is 35.5. The van der Waals surface area contributed by atoms with E-state index in [1.807, 2.05) is 0 Å². The molecule has 1 aliphatic rings. The smallest absolute Gasteiger partial charge is 0.251 e. The Hall–Kier alpha value is -2.27. The van der Waals surface area contributed by atoms with Gasteiger partial charge in [0.25, 0.3) is 5.91 Å². The van der Waals surface area contributed by atoms with Gasteiger partial charge in [-0.2, -0.15) is 0 Å². The second-order valence-electron chi connectivity index (χ2n) is 4.50. The minimum absolute atomic E-state index is 0.0322. The van der Waals surface area contributed by atoms with Gasteiger partial charge in [0.2, 0.25) is 6.79 Å². The Kier molecular flexibility index (Phi) is 3.66. The first-order valence-corrected chi connectivity index (χ1v) is 6.63. The molecule has 0 radical (unpaired) electrons. The van der Waals surface area contributed by atoms with Gasteiger partial charge in [-0.05, 0) is 35.9 Å². The Labute approximate surface area is 125 Å². The fourth-order valence-corrected chi connectivity index (χ4v) is 2.17. The van der Waals surface area contributed by atoms with Gasteiger partial charge in [0.05, 0.1) is 5.02 Å². The largest absolute Gasteiger partial charge is 0.454 e. The SMILES string of the molecule is O=C(NCc1ccc(F)c(Cl)c1)c1ccc2c(c1)OCO2. The summed E-state index contributed by atoms with van der Waals surface area (Å²) in [6, 6.07) is 9.28. The minimum atomic E-state index is -0.484. The van der Waals surface area contributed by atoms with Crippen LogP contribution in [0, 0.1) is 5.82 Å². The summed E-state index contributed by atoms with van der Waals surface area (Å²) in [6.07, 6.45) is 0. The van der Waals surface area contributed by atoms with Crippen molar-refractivity contribution in [1.29, 1.82) is 0 Å². The molecule has 1 N–H and O–H groups in total. The number of ether oxygens (including phenoxy) is 2. The van der Waals surface area contributed by atoms with E-state index in [-0.39, 0.29) is 24.3 Å². The lowest BCUT2D eigenvalue weighted by Gasteiger charge is -2.07. The van der Waals surface area contributed by atoms with Crippen LogP contribution >= 0.6 is 11.6 Å². The van der Waals surface area contributed by atoms with E-state index in [2.05, 4.69) is 5.32 Å². The maximum absolute atomic E-state index is 13.0. The number of rotatable bonds is 3. The summed E-state index contributed by atoms with van der Waals surface area (Å²) in [7, 11) is 0. The van der Waals surface area contributed by atoms with Crippen molar-refractivity contribution in [3.8, 4) is 11.5 Å². The molecule has 0 spiro atoms. The summed E-state index contributed by atoms with van der Waals surface area (Å²) in [5.74, 6) is 0.431. The van der Waals surface area contributed by atoms with Gasteiger partial charge in [0.1, 0.15) is 5.82 Å². The molecule has 0 aliphatic carbocycles. The van der Waals surface area contributed by atoms with Crippen molar-refractivity contribution in [2.45, 2.75) is 6.54 Å². The molecule has 0 atom stereocenters. The van der Waals surface area contributed by atoms with Crippen LogP contribution in [0.5, 0.6) is 11.5 Å². The monoisotopic (exact) mass is 307 g/mol. The molecule has 1 aliphatic heterocycles. The lowest BCUT2D eigenvalue weighted by Crippen LogP contribution is -2.22. The second kappa shape index (κ2) is 5.61. The molecule has 0 bridgehead atoms. The molecule has 2 aromatic rings. The zero-order valence-corrected chi connectivity index (χ0v) is 11.6. The Morgan fingerprint density at radius 1 is 1.19 bits per heavy atom. The molecule has 108 valence electrons. The number of benzene rings is 2. The number of carbonyl (C=O) groups is 1. The van der Waals surface area contributed by atoms with Gasteiger partial charge < -0.3 is 14.8 Å². The Morgan fingerprint density at radius 3 is 2.81 bits per heavy atom. The predicted molar refractivity (Wildman–Crippen MR) is 75.1 cm³/mol. The van der Waals surface area contributed by atoms with Crippen molar-refractivity contribution in [3.63, 3.8) is 0 Å². The van der Waals surface area contributed by atoms with Gasteiger partial charge in [-0.15, -0.1) is 0 Å². The summed E-state index contributed by atoms with van der Waals surface area (Å²) in [4.78, 5) is 12.1. The van der Waals surface area contributed by atoms with E-state index in [0.717, 1.165) is 5.56 Å². The average molecular weight is 308 g/mol. The first-order valence-electron chi connectivity index (χ1n) is 6.25. The maximum atomic E-state index is 13.0. The molecule has 0 saturated carbocycles. The van der Waals surface area contributed by atoms with Crippen molar-refractivity contribution in [2.75, 3.05) is 6.79 Å². The molecule has 1 heterocycles. The third-order valence-corrected chi connectivity index (χ3v) is 3.36. The Balaban J connectivity index is 1.67. The van der Waals surface area contributed by atoms with E-state index in [0.29, 0.717) is 17.1 Å². The molecule has 21 heavy (non-hydrogen) atoms. The molecule has 6 heteroatoms. The molecular weight excluding hydrogens is 297 g/mol. The van der Waals surface area contributed by atoms with Gasteiger partial charge in [-0.25, -0.2) is 4.39 Å². The van der Waals surface area contributed by atoms with Gasteiger partial charge in [0.15, 0.2) is 11.5 Å². The van der Waals surface area contributed by atoms with E-state index in [1.165, 1.54) is 12.1 Å². The van der Waals surface area contributed by atoms with E-state index in [1.54, 1.807) is 24.3 Å². The van der Waals surface area contributed by atoms with Crippen LogP contribution in [-0.4, -0.2) is 12.7 Å². The minimum Gasteiger partial charge on any atom is -0.454 e. The van der Waals surface area contributed by atoms with Crippen LogP contribution in [0.15, 0.2) is 36.4 Å². The molecule has 2 aromatic carbocycles. The van der Waals surface area contributed by atoms with Gasteiger partial charge in [0, 0.05) is 12.1 Å². The number of halogens is 2. The molecule has 0 fully saturated rings. The third kappa shape index (κ3) is 2.92. The topological polar surface area (TPSA) is 47.6 Å². The average Bonchev–Trinajstić information content (AvgIpc) is 2.95. The molecule has 0 unspecified atom stereocenters. The standard InChI is InChI=1S/C15H11ClFNO3/c16-11-5-9(1-3-12(11)17)7-18-15(19)10-2-4-13-14(6-10)21-8-20-13/h1-6H,7-8H2,(H,18,19). The van der Waals surface area contributed by atoms with Gasteiger partial charge >= 0.3 is 0 Å². The normalized spacial score (nSPS) is 12.3. The highest BCUT2D eigenvalue weighted by molar-refractivity contribution is 6.30. The number of nitrogens with one attached hydrogen (secondary N) is 1. The molecule has 4 nitrogen and oxygen atoms in total. The van der Waals surface area contributed by atoms with Crippen LogP contribution in [0.1, 0.15) is 15.9 Å². The second-order valence-corrected chi connectivity index (χ2v) is 4.91. The summed E-state index contributed by atoms with van der Waals surface area (Å²) in [6.45, 7) is 0.418. The molecule has 3 rings (SSSR count). The van der Waals surface area contributed by atoms with Crippen LogP contribution in [0.2, 0.25) is 5.02 Å². The zero-order valence-electron chi connectivity index (χ0n) is 10.9. The highest BCUT2D eigenvalue weighted by Crippen LogP contribution is 2.32. The lowest BCUT2D eigenvalue weighted by molar-refractivity contribution is 0.0950. The fourth-order valence-electron chi connectivity index (χ4n) is 1.97. The summed E-state index contributed by atoms with van der Waals surface area (Å²) in [5, 5.41) is 2.77. The van der Waals surface area contributed by atoms with Crippen molar-refractivity contribution >= 4 is 17.5 Å². The third-order valence-electron chi connectivity index (χ3n) is 3.07. The molecule has 0 aromatic heterocycles. The van der Waals surface area contributed by atoms with Crippen LogP contribution < -0.4 is 14.8 Å². The quantitative estimate of drug-likeness (QED) is 0.947. The predicted octanol–water partition coefficient (Wildman–Crippen LogP) is 3.14. The van der Waals surface area contributed by atoms with Crippen molar-refractivity contribution in [1.82, 2.24) is 5.32 Å². The van der Waals surface area contributed by atoms with Crippen LogP contribution in [0.25, 0.3) is 0 Å². The first-order chi connectivity index (χ1) is 10.1. The Bertz CT molecular complexity index is 705. The van der Waals surface area contributed by atoms with Gasteiger partial charge in [-0.1, -0.05) is 17.7 Å². The highest BCUT2D eigenvalue weighted by Gasteiger charge is 2.16. The Morgan fingerprint density at radius 2 is 2.00 bits per heavy atom. The molecule has 0 saturated heterocycles.